The van der Waals surface area contributed by atoms with Crippen molar-refractivity contribution in [2.24, 2.45) is 0 Å². The van der Waals surface area contributed by atoms with Crippen molar-refractivity contribution in [1.29, 1.82) is 0 Å². The molecule has 43 heavy (non-hydrogen) atoms. The van der Waals surface area contributed by atoms with Gasteiger partial charge in [-0.2, -0.15) is 0 Å². The standard InChI is InChI=1S/C40H32BrOP/c1-42-38-28-27-31-16-12-14-24-37(31)40(38)39-32(26-25-30-15-11-13-23-36(30)39)29-43(41,33-17-5-2-6-18-33,34-19-7-3-8-20-34)35-21-9-4-10-22-35/h2-28H,29H2,1H3. The van der Waals surface area contributed by atoms with Crippen molar-refractivity contribution in [2.75, 3.05) is 7.11 Å². The first-order chi connectivity index (χ1) is 21.1. The Morgan fingerprint density at radius 2 is 0.884 bits per heavy atom. The molecule has 1 nitrogen and oxygen atoms in total. The van der Waals surface area contributed by atoms with E-state index < -0.39 is 5.31 Å². The number of rotatable bonds is 7. The zero-order valence-corrected chi connectivity index (χ0v) is 26.5. The maximum atomic E-state index is 6.12. The third kappa shape index (κ3) is 4.49. The maximum absolute atomic E-state index is 6.12. The van der Waals surface area contributed by atoms with Gasteiger partial charge in [-0.15, -0.1) is 0 Å². The Morgan fingerprint density at radius 3 is 1.37 bits per heavy atom. The molecule has 7 rings (SSSR count). The molecule has 0 bridgehead atoms. The average Bonchev–Trinajstić information content (AvgIpc) is 3.09. The van der Waals surface area contributed by atoms with Gasteiger partial charge >= 0.3 is 262 Å². The van der Waals surface area contributed by atoms with Crippen LogP contribution in [0.3, 0.4) is 0 Å². The van der Waals surface area contributed by atoms with Crippen LogP contribution in [0.4, 0.5) is 0 Å². The molecule has 0 N–H and O–H groups in total. The number of hydrogen-bond donors (Lipinski definition) is 0. The van der Waals surface area contributed by atoms with Crippen LogP contribution in [0.5, 0.6) is 5.75 Å². The van der Waals surface area contributed by atoms with Crippen LogP contribution in [0.25, 0.3) is 32.7 Å². The first kappa shape index (κ1) is 27.6. The van der Waals surface area contributed by atoms with Crippen LogP contribution in [-0.4, -0.2) is 7.11 Å². The van der Waals surface area contributed by atoms with Crippen LogP contribution in [-0.2, 0) is 6.16 Å². The summed E-state index contributed by atoms with van der Waals surface area (Å²) in [7, 11) is 1.78. The van der Waals surface area contributed by atoms with E-state index in [1.165, 1.54) is 48.6 Å². The van der Waals surface area contributed by atoms with Gasteiger partial charge in [-0.05, 0) is 0 Å². The van der Waals surface area contributed by atoms with E-state index in [0.717, 1.165) is 17.5 Å². The third-order valence-electron chi connectivity index (χ3n) is 8.73. The molecule has 0 fully saturated rings. The summed E-state index contributed by atoms with van der Waals surface area (Å²) in [6.07, 6.45) is 0.788. The molecule has 3 heteroatoms. The minimum absolute atomic E-state index is 0.788. The second kappa shape index (κ2) is 11.1. The second-order valence-electron chi connectivity index (χ2n) is 11.0. The molecule has 210 valence electrons. The van der Waals surface area contributed by atoms with Gasteiger partial charge in [-0.3, -0.25) is 0 Å². The summed E-state index contributed by atoms with van der Waals surface area (Å²) in [6, 6.07) is 59.4. The summed E-state index contributed by atoms with van der Waals surface area (Å²) in [6.45, 7) is 0. The van der Waals surface area contributed by atoms with Crippen molar-refractivity contribution in [2.45, 2.75) is 6.16 Å². The molecule has 0 atom stereocenters. The van der Waals surface area contributed by atoms with Crippen molar-refractivity contribution in [3.8, 4) is 16.9 Å². The van der Waals surface area contributed by atoms with Gasteiger partial charge in [-0.25, -0.2) is 0 Å². The minimum atomic E-state index is -3.27. The molecule has 0 saturated carbocycles. The van der Waals surface area contributed by atoms with E-state index in [0.29, 0.717) is 0 Å². The Hall–Kier alpha value is -4.23. The topological polar surface area (TPSA) is 9.23 Å². The summed E-state index contributed by atoms with van der Waals surface area (Å²) >= 11 is 4.71. The molecule has 0 saturated heterocycles. The zero-order valence-electron chi connectivity index (χ0n) is 24.0. The summed E-state index contributed by atoms with van der Waals surface area (Å²) in [5, 5.41) is 5.45. The fourth-order valence-electron chi connectivity index (χ4n) is 6.68. The number of ether oxygens (including phenoxy) is 1. The van der Waals surface area contributed by atoms with Crippen molar-refractivity contribution in [3.63, 3.8) is 0 Å². The quantitative estimate of drug-likeness (QED) is 0.158. The van der Waals surface area contributed by atoms with Crippen LogP contribution < -0.4 is 20.7 Å². The molecule has 0 spiro atoms. The van der Waals surface area contributed by atoms with Gasteiger partial charge in [0.1, 0.15) is 0 Å². The van der Waals surface area contributed by atoms with Crippen molar-refractivity contribution < 1.29 is 4.74 Å². The van der Waals surface area contributed by atoms with Crippen LogP contribution in [0, 0.1) is 0 Å². The number of fused-ring (bicyclic) bond motifs is 2. The molecule has 0 aliphatic rings. The summed E-state index contributed by atoms with van der Waals surface area (Å²) in [5.74, 6) is 0.880. The summed E-state index contributed by atoms with van der Waals surface area (Å²) in [4.78, 5) is 0. The normalized spacial score (nSPS) is 12.6. The molecular formula is C40H32BrOP. The number of halogens is 1. The van der Waals surface area contributed by atoms with Gasteiger partial charge < -0.3 is 0 Å². The predicted octanol–water partition coefficient (Wildman–Crippen LogP) is 10.0. The Morgan fingerprint density at radius 1 is 0.465 bits per heavy atom. The number of benzene rings is 7. The third-order valence-corrected chi connectivity index (χ3v) is 18.2. The SMILES string of the molecule is COc1ccc2ccccc2c1-c1c(CP(Br)(c2ccccc2)(c2ccccc2)c2ccccc2)ccc2ccccc12. The van der Waals surface area contributed by atoms with E-state index in [1.54, 1.807) is 7.11 Å². The van der Waals surface area contributed by atoms with E-state index >= 15 is 0 Å². The van der Waals surface area contributed by atoms with Gasteiger partial charge in [-0.1, -0.05) is 0 Å². The average molecular weight is 640 g/mol. The molecule has 7 aromatic carbocycles. The van der Waals surface area contributed by atoms with E-state index in [9.17, 15) is 0 Å². The Kier molecular flexibility index (Phi) is 7.14. The molecule has 0 unspecified atom stereocenters. The van der Waals surface area contributed by atoms with Gasteiger partial charge in [0.25, 0.3) is 0 Å². The van der Waals surface area contributed by atoms with Gasteiger partial charge in [0, 0.05) is 0 Å². The molecule has 7 aromatic rings. The number of hydrogen-bond acceptors (Lipinski definition) is 1. The first-order valence-corrected chi connectivity index (χ1v) is 19.0. The van der Waals surface area contributed by atoms with Gasteiger partial charge in [0.05, 0.1) is 0 Å². The Labute approximate surface area is 261 Å². The fourth-order valence-corrected chi connectivity index (χ4v) is 14.3. The molecular weight excluding hydrogens is 607 g/mol. The van der Waals surface area contributed by atoms with E-state index in [2.05, 4.69) is 164 Å². The van der Waals surface area contributed by atoms with Crippen molar-refractivity contribution in [1.82, 2.24) is 0 Å². The first-order valence-electron chi connectivity index (χ1n) is 14.6. The van der Waals surface area contributed by atoms with Crippen LogP contribution in [0.15, 0.2) is 164 Å². The number of methoxy groups -OCH3 is 1. The van der Waals surface area contributed by atoms with Gasteiger partial charge in [0.15, 0.2) is 0 Å². The van der Waals surface area contributed by atoms with E-state index in [1.807, 2.05) is 0 Å². The predicted molar refractivity (Wildman–Crippen MR) is 191 cm³/mol. The van der Waals surface area contributed by atoms with Crippen LogP contribution >= 0.6 is 20.8 Å². The Bertz CT molecular complexity index is 1960. The molecule has 0 aliphatic heterocycles. The monoisotopic (exact) mass is 638 g/mol. The molecule has 0 aliphatic carbocycles. The van der Waals surface area contributed by atoms with Crippen molar-refractivity contribution >= 4 is 58.3 Å². The fraction of sp³-hybridized carbons (Fsp3) is 0.0500. The Balaban J connectivity index is 1.63. The van der Waals surface area contributed by atoms with Gasteiger partial charge in [0.2, 0.25) is 0 Å². The van der Waals surface area contributed by atoms with E-state index in [-0.39, 0.29) is 0 Å². The molecule has 0 radical (unpaired) electrons. The van der Waals surface area contributed by atoms with Crippen LogP contribution in [0.2, 0.25) is 0 Å². The summed E-state index contributed by atoms with van der Waals surface area (Å²) < 4.78 is 6.12. The zero-order chi connectivity index (χ0) is 29.3. The van der Waals surface area contributed by atoms with Crippen molar-refractivity contribution in [3.05, 3.63) is 169 Å². The summed E-state index contributed by atoms with van der Waals surface area (Å²) in [5.41, 5.74) is 3.64. The molecule has 0 amide bonds. The van der Waals surface area contributed by atoms with Crippen LogP contribution in [0.1, 0.15) is 5.56 Å². The second-order valence-corrected chi connectivity index (χ2v) is 20.0. The molecule has 0 heterocycles. The van der Waals surface area contributed by atoms with E-state index in [4.69, 9.17) is 20.2 Å². The molecule has 0 aromatic heterocycles.